The van der Waals surface area contributed by atoms with Gasteiger partial charge in [-0.1, -0.05) is 36.4 Å². The van der Waals surface area contributed by atoms with Crippen LogP contribution in [0.5, 0.6) is 5.75 Å². The molecule has 132 valence electrons. The first-order valence-corrected chi connectivity index (χ1v) is 8.07. The summed E-state index contributed by atoms with van der Waals surface area (Å²) in [5, 5.41) is 2.67. The van der Waals surface area contributed by atoms with Crippen molar-refractivity contribution in [3.05, 3.63) is 66.6 Å². The second-order valence-electron chi connectivity index (χ2n) is 5.77. The summed E-state index contributed by atoms with van der Waals surface area (Å²) in [7, 11) is 3.84. The molecule has 0 bridgehead atoms. The number of nitrogens with zero attached hydrogens (tertiary/aromatic N) is 4. The van der Waals surface area contributed by atoms with Gasteiger partial charge in [0.05, 0.1) is 12.4 Å². The van der Waals surface area contributed by atoms with E-state index in [2.05, 4.69) is 20.3 Å². The van der Waals surface area contributed by atoms with Crippen LogP contribution in [0.25, 0.3) is 11.4 Å². The van der Waals surface area contributed by atoms with Crippen molar-refractivity contribution in [1.29, 1.82) is 0 Å². The quantitative estimate of drug-likeness (QED) is 0.763. The van der Waals surface area contributed by atoms with Crippen LogP contribution in [0.4, 0.5) is 10.6 Å². The lowest BCUT2D eigenvalue weighted by Gasteiger charge is -2.11. The fourth-order valence-corrected chi connectivity index (χ4v) is 2.21. The molecule has 0 radical (unpaired) electrons. The zero-order chi connectivity index (χ0) is 18.4. The molecule has 1 aromatic carbocycles. The number of hydrogen-bond donors (Lipinski definition) is 1. The highest BCUT2D eigenvalue weighted by Crippen LogP contribution is 2.16. The third kappa shape index (κ3) is 4.54. The molecule has 0 saturated carbocycles. The normalized spacial score (nSPS) is 10.2. The third-order valence-electron chi connectivity index (χ3n) is 3.57. The van der Waals surface area contributed by atoms with Gasteiger partial charge in [0, 0.05) is 32.4 Å². The Morgan fingerprint density at radius 3 is 2.35 bits per heavy atom. The van der Waals surface area contributed by atoms with Crippen molar-refractivity contribution in [2.45, 2.75) is 6.54 Å². The monoisotopic (exact) mass is 349 g/mol. The van der Waals surface area contributed by atoms with Gasteiger partial charge in [-0.2, -0.15) is 0 Å². The second-order valence-corrected chi connectivity index (χ2v) is 5.77. The molecule has 0 aliphatic heterocycles. The Bertz CT molecular complexity index is 849. The number of carbonyl (C=O) groups is 1. The van der Waals surface area contributed by atoms with E-state index in [-0.39, 0.29) is 5.75 Å². The van der Waals surface area contributed by atoms with E-state index in [1.165, 1.54) is 12.4 Å². The SMILES string of the molecule is CN(C)c1ccc(CNC(=O)Oc2cnc(-c3ccccc3)nc2)cn1. The van der Waals surface area contributed by atoms with Crippen LogP contribution in [-0.2, 0) is 6.54 Å². The zero-order valence-electron chi connectivity index (χ0n) is 14.6. The van der Waals surface area contributed by atoms with E-state index in [9.17, 15) is 4.79 Å². The summed E-state index contributed by atoms with van der Waals surface area (Å²) in [5.41, 5.74) is 1.78. The van der Waals surface area contributed by atoms with Gasteiger partial charge in [-0.15, -0.1) is 0 Å². The number of pyridine rings is 1. The van der Waals surface area contributed by atoms with Gasteiger partial charge < -0.3 is 15.0 Å². The molecule has 1 N–H and O–H groups in total. The van der Waals surface area contributed by atoms with Crippen molar-refractivity contribution in [2.24, 2.45) is 0 Å². The highest BCUT2D eigenvalue weighted by atomic mass is 16.6. The number of ether oxygens (including phenoxy) is 1. The summed E-state index contributed by atoms with van der Waals surface area (Å²) >= 11 is 0. The third-order valence-corrected chi connectivity index (χ3v) is 3.57. The highest BCUT2D eigenvalue weighted by Gasteiger charge is 2.07. The average molecular weight is 349 g/mol. The number of nitrogens with one attached hydrogen (secondary N) is 1. The van der Waals surface area contributed by atoms with Crippen LogP contribution in [0.3, 0.4) is 0 Å². The predicted octanol–water partition coefficient (Wildman–Crippen LogP) is 2.89. The van der Waals surface area contributed by atoms with E-state index in [0.29, 0.717) is 12.4 Å². The first-order valence-electron chi connectivity index (χ1n) is 8.07. The zero-order valence-corrected chi connectivity index (χ0v) is 14.6. The lowest BCUT2D eigenvalue weighted by molar-refractivity contribution is 0.199. The van der Waals surface area contributed by atoms with E-state index in [0.717, 1.165) is 16.9 Å². The molecular formula is C19H19N5O2. The van der Waals surface area contributed by atoms with E-state index >= 15 is 0 Å². The van der Waals surface area contributed by atoms with Crippen LogP contribution in [0.15, 0.2) is 61.1 Å². The van der Waals surface area contributed by atoms with E-state index in [4.69, 9.17) is 4.74 Å². The standard InChI is InChI=1S/C19H19N5O2/c1-24(2)17-9-8-14(10-20-17)11-23-19(25)26-16-12-21-18(22-13-16)15-6-4-3-5-7-15/h3-10,12-13H,11H2,1-2H3,(H,23,25). The molecule has 0 unspecified atom stereocenters. The molecular weight excluding hydrogens is 330 g/mol. The minimum Gasteiger partial charge on any atom is -0.407 e. The lowest BCUT2D eigenvalue weighted by atomic mass is 10.2. The molecule has 3 aromatic rings. The van der Waals surface area contributed by atoms with Crippen LogP contribution in [0.1, 0.15) is 5.56 Å². The summed E-state index contributed by atoms with van der Waals surface area (Å²) in [6.07, 6.45) is 4.09. The molecule has 0 atom stereocenters. The fraction of sp³-hybridized carbons (Fsp3) is 0.158. The van der Waals surface area contributed by atoms with Gasteiger partial charge >= 0.3 is 6.09 Å². The van der Waals surface area contributed by atoms with Crippen LogP contribution in [0, 0.1) is 0 Å². The molecule has 2 heterocycles. The molecule has 0 aliphatic carbocycles. The Kier molecular flexibility index (Phi) is 5.38. The van der Waals surface area contributed by atoms with Gasteiger partial charge in [0.25, 0.3) is 0 Å². The largest absolute Gasteiger partial charge is 0.412 e. The van der Waals surface area contributed by atoms with E-state index < -0.39 is 6.09 Å². The second kappa shape index (κ2) is 8.06. The van der Waals surface area contributed by atoms with Gasteiger partial charge in [0.2, 0.25) is 0 Å². The Hall–Kier alpha value is -3.48. The number of benzene rings is 1. The maximum Gasteiger partial charge on any atom is 0.412 e. The molecule has 0 saturated heterocycles. The first-order chi connectivity index (χ1) is 12.6. The number of aromatic nitrogens is 3. The van der Waals surface area contributed by atoms with E-state index in [1.54, 1.807) is 6.20 Å². The smallest absolute Gasteiger partial charge is 0.407 e. The highest BCUT2D eigenvalue weighted by molar-refractivity contribution is 5.70. The van der Waals surface area contributed by atoms with Gasteiger partial charge in [-0.25, -0.2) is 19.7 Å². The summed E-state index contributed by atoms with van der Waals surface area (Å²) in [6.45, 7) is 0.322. The predicted molar refractivity (Wildman–Crippen MR) is 98.9 cm³/mol. The fourth-order valence-electron chi connectivity index (χ4n) is 2.21. The lowest BCUT2D eigenvalue weighted by Crippen LogP contribution is -2.26. The first kappa shape index (κ1) is 17.3. The average Bonchev–Trinajstić information content (AvgIpc) is 2.68. The Morgan fingerprint density at radius 2 is 1.73 bits per heavy atom. The van der Waals surface area contributed by atoms with Gasteiger partial charge in [-0.05, 0) is 11.6 Å². The van der Waals surface area contributed by atoms with Crippen LogP contribution < -0.4 is 15.0 Å². The summed E-state index contributed by atoms with van der Waals surface area (Å²) in [4.78, 5) is 26.5. The number of hydrogen-bond acceptors (Lipinski definition) is 6. The van der Waals surface area contributed by atoms with Gasteiger partial charge in [0.1, 0.15) is 5.82 Å². The number of rotatable bonds is 5. The number of anilines is 1. The summed E-state index contributed by atoms with van der Waals surface area (Å²) in [5.74, 6) is 1.71. The molecule has 26 heavy (non-hydrogen) atoms. The van der Waals surface area contributed by atoms with Crippen LogP contribution in [-0.4, -0.2) is 35.1 Å². The van der Waals surface area contributed by atoms with Crippen molar-refractivity contribution in [1.82, 2.24) is 20.3 Å². The maximum atomic E-state index is 11.9. The molecule has 2 aromatic heterocycles. The molecule has 0 spiro atoms. The molecule has 7 heteroatoms. The Labute approximate surface area is 151 Å². The van der Waals surface area contributed by atoms with Crippen molar-refractivity contribution in [2.75, 3.05) is 19.0 Å². The molecule has 1 amide bonds. The molecule has 0 fully saturated rings. The maximum absolute atomic E-state index is 11.9. The molecule has 3 rings (SSSR count). The minimum atomic E-state index is -0.572. The van der Waals surface area contributed by atoms with Crippen molar-refractivity contribution in [3.8, 4) is 17.1 Å². The van der Waals surface area contributed by atoms with E-state index in [1.807, 2.05) is 61.5 Å². The number of amides is 1. The minimum absolute atomic E-state index is 0.281. The van der Waals surface area contributed by atoms with Gasteiger partial charge in [0.15, 0.2) is 11.6 Å². The Morgan fingerprint density at radius 1 is 1.00 bits per heavy atom. The van der Waals surface area contributed by atoms with Gasteiger partial charge in [-0.3, -0.25) is 0 Å². The van der Waals surface area contributed by atoms with Crippen molar-refractivity contribution in [3.63, 3.8) is 0 Å². The summed E-state index contributed by atoms with van der Waals surface area (Å²) < 4.78 is 5.19. The topological polar surface area (TPSA) is 80.2 Å². The number of carbonyl (C=O) groups excluding carboxylic acids is 1. The Balaban J connectivity index is 1.53. The van der Waals surface area contributed by atoms with Crippen molar-refractivity contribution >= 4 is 11.9 Å². The summed E-state index contributed by atoms with van der Waals surface area (Å²) in [6, 6.07) is 13.4. The van der Waals surface area contributed by atoms with Crippen LogP contribution >= 0.6 is 0 Å². The molecule has 7 nitrogen and oxygen atoms in total. The van der Waals surface area contributed by atoms with Crippen molar-refractivity contribution < 1.29 is 9.53 Å². The van der Waals surface area contributed by atoms with Crippen LogP contribution in [0.2, 0.25) is 0 Å². The molecule has 0 aliphatic rings.